The zero-order valence-corrected chi connectivity index (χ0v) is 15.1. The van der Waals surface area contributed by atoms with Crippen molar-refractivity contribution in [3.63, 3.8) is 0 Å². The Balaban J connectivity index is 1.89. The Kier molecular flexibility index (Phi) is 6.19. The van der Waals surface area contributed by atoms with Crippen molar-refractivity contribution in [3.8, 4) is 5.75 Å². The Morgan fingerprint density at radius 1 is 1.26 bits per heavy atom. The first kappa shape index (κ1) is 17.5. The first-order valence-corrected chi connectivity index (χ1v) is 8.11. The van der Waals surface area contributed by atoms with Gasteiger partial charge in [-0.25, -0.2) is 5.43 Å². The smallest absolute Gasteiger partial charge is 0.277 e. The first-order chi connectivity index (χ1) is 11.0. The minimum Gasteiger partial charge on any atom is -0.483 e. The van der Waals surface area contributed by atoms with Crippen molar-refractivity contribution in [1.82, 2.24) is 5.43 Å². The van der Waals surface area contributed by atoms with Gasteiger partial charge in [0, 0.05) is 5.02 Å². The number of nitrogens with zero attached hydrogens (tertiary/aromatic N) is 1. The van der Waals surface area contributed by atoms with Crippen LogP contribution in [0.25, 0.3) is 0 Å². The minimum absolute atomic E-state index is 0.112. The van der Waals surface area contributed by atoms with E-state index in [9.17, 15) is 4.79 Å². The van der Waals surface area contributed by atoms with E-state index in [-0.39, 0.29) is 12.5 Å². The Labute approximate surface area is 148 Å². The molecule has 2 aromatic rings. The summed E-state index contributed by atoms with van der Waals surface area (Å²) in [5, 5.41) is 4.71. The summed E-state index contributed by atoms with van der Waals surface area (Å²) in [4.78, 5) is 11.8. The fourth-order valence-electron chi connectivity index (χ4n) is 1.80. The number of benzene rings is 2. The van der Waals surface area contributed by atoms with Crippen molar-refractivity contribution >= 4 is 39.1 Å². The number of halogens is 2. The monoisotopic (exact) mass is 394 g/mol. The van der Waals surface area contributed by atoms with Crippen LogP contribution >= 0.6 is 27.5 Å². The fourth-order valence-corrected chi connectivity index (χ4v) is 2.53. The number of ether oxygens (including phenoxy) is 1. The van der Waals surface area contributed by atoms with Crippen molar-refractivity contribution in [2.24, 2.45) is 5.10 Å². The zero-order valence-electron chi connectivity index (χ0n) is 12.8. The predicted molar refractivity (Wildman–Crippen MR) is 96.2 cm³/mol. The van der Waals surface area contributed by atoms with Crippen LogP contribution in [0, 0.1) is 6.92 Å². The first-order valence-electron chi connectivity index (χ1n) is 6.94. The molecule has 6 heteroatoms. The van der Waals surface area contributed by atoms with E-state index in [1.807, 2.05) is 37.3 Å². The van der Waals surface area contributed by atoms with Gasteiger partial charge in [-0.3, -0.25) is 4.79 Å². The van der Waals surface area contributed by atoms with Gasteiger partial charge >= 0.3 is 0 Å². The lowest BCUT2D eigenvalue weighted by atomic mass is 10.1. The third-order valence-corrected chi connectivity index (χ3v) is 3.93. The molecule has 2 aromatic carbocycles. The van der Waals surface area contributed by atoms with E-state index in [0.29, 0.717) is 16.5 Å². The molecule has 0 heterocycles. The van der Waals surface area contributed by atoms with E-state index in [1.54, 1.807) is 19.1 Å². The van der Waals surface area contributed by atoms with Gasteiger partial charge in [0.05, 0.1) is 10.2 Å². The molecule has 0 spiro atoms. The van der Waals surface area contributed by atoms with Crippen LogP contribution in [0.2, 0.25) is 5.02 Å². The summed E-state index contributed by atoms with van der Waals surface area (Å²) in [7, 11) is 0. The molecular formula is C17H16BrClN2O2. The van der Waals surface area contributed by atoms with Crippen LogP contribution in [0.15, 0.2) is 52.0 Å². The second-order valence-corrected chi connectivity index (χ2v) is 6.25. The predicted octanol–water partition coefficient (Wildman–Crippen LogP) is 4.33. The van der Waals surface area contributed by atoms with Crippen LogP contribution in [0.3, 0.4) is 0 Å². The highest BCUT2D eigenvalue weighted by Crippen LogP contribution is 2.25. The second-order valence-electron chi connectivity index (χ2n) is 4.96. The van der Waals surface area contributed by atoms with Crippen LogP contribution < -0.4 is 10.2 Å². The Morgan fingerprint density at radius 3 is 2.61 bits per heavy atom. The molecule has 0 atom stereocenters. The molecule has 0 aliphatic heterocycles. The van der Waals surface area contributed by atoms with Gasteiger partial charge in [-0.1, -0.05) is 29.8 Å². The maximum atomic E-state index is 11.8. The summed E-state index contributed by atoms with van der Waals surface area (Å²) in [6.07, 6.45) is 0. The summed E-state index contributed by atoms with van der Waals surface area (Å²) in [6.45, 7) is 3.68. The van der Waals surface area contributed by atoms with Gasteiger partial charge in [0.25, 0.3) is 5.91 Å². The lowest BCUT2D eigenvalue weighted by Crippen LogP contribution is -2.25. The summed E-state index contributed by atoms with van der Waals surface area (Å²) in [5.74, 6) is 0.287. The van der Waals surface area contributed by atoms with E-state index in [1.165, 1.54) is 0 Å². The molecule has 2 rings (SSSR count). The van der Waals surface area contributed by atoms with Gasteiger partial charge in [0.2, 0.25) is 0 Å². The van der Waals surface area contributed by atoms with Crippen molar-refractivity contribution < 1.29 is 9.53 Å². The highest BCUT2D eigenvalue weighted by atomic mass is 79.9. The molecular weight excluding hydrogens is 380 g/mol. The normalized spacial score (nSPS) is 11.2. The van der Waals surface area contributed by atoms with Gasteiger partial charge in [-0.2, -0.15) is 5.10 Å². The van der Waals surface area contributed by atoms with Gasteiger partial charge in [-0.05, 0) is 65.2 Å². The molecule has 0 aliphatic carbocycles. The van der Waals surface area contributed by atoms with E-state index in [4.69, 9.17) is 16.3 Å². The molecule has 0 fully saturated rings. The summed E-state index contributed by atoms with van der Waals surface area (Å²) in [6, 6.07) is 12.9. The summed E-state index contributed by atoms with van der Waals surface area (Å²) >= 11 is 9.24. The van der Waals surface area contributed by atoms with E-state index < -0.39 is 0 Å². The van der Waals surface area contributed by atoms with Gasteiger partial charge in [0.15, 0.2) is 6.61 Å². The van der Waals surface area contributed by atoms with Gasteiger partial charge < -0.3 is 4.74 Å². The van der Waals surface area contributed by atoms with Crippen molar-refractivity contribution in [2.75, 3.05) is 6.61 Å². The molecule has 0 radical (unpaired) electrons. The van der Waals surface area contributed by atoms with E-state index >= 15 is 0 Å². The molecule has 1 amide bonds. The number of hydrogen-bond acceptors (Lipinski definition) is 3. The lowest BCUT2D eigenvalue weighted by Gasteiger charge is -2.08. The van der Waals surface area contributed by atoms with Crippen molar-refractivity contribution in [2.45, 2.75) is 13.8 Å². The van der Waals surface area contributed by atoms with Crippen LogP contribution in [0.1, 0.15) is 18.1 Å². The SMILES string of the molecule is C/C(=N\NC(=O)COc1ccc(C)cc1Br)c1ccc(Cl)cc1. The van der Waals surface area contributed by atoms with Crippen molar-refractivity contribution in [1.29, 1.82) is 0 Å². The Hall–Kier alpha value is -1.85. The summed E-state index contributed by atoms with van der Waals surface area (Å²) in [5.41, 5.74) is 5.15. The number of hydrogen-bond donors (Lipinski definition) is 1. The quantitative estimate of drug-likeness (QED) is 0.605. The average Bonchev–Trinajstić information content (AvgIpc) is 2.52. The number of hydrazone groups is 1. The molecule has 0 unspecified atom stereocenters. The van der Waals surface area contributed by atoms with E-state index in [2.05, 4.69) is 26.5 Å². The lowest BCUT2D eigenvalue weighted by molar-refractivity contribution is -0.123. The Morgan fingerprint density at radius 2 is 1.96 bits per heavy atom. The highest BCUT2D eigenvalue weighted by molar-refractivity contribution is 9.10. The number of carbonyl (C=O) groups is 1. The molecule has 0 saturated heterocycles. The van der Waals surface area contributed by atoms with Gasteiger partial charge in [0.1, 0.15) is 5.75 Å². The third-order valence-electron chi connectivity index (χ3n) is 3.06. The van der Waals surface area contributed by atoms with E-state index in [0.717, 1.165) is 15.6 Å². The number of carbonyl (C=O) groups excluding carboxylic acids is 1. The molecule has 0 saturated carbocycles. The number of amides is 1. The number of nitrogens with one attached hydrogen (secondary N) is 1. The topological polar surface area (TPSA) is 50.7 Å². The maximum absolute atomic E-state index is 11.8. The van der Waals surface area contributed by atoms with Crippen LogP contribution in [-0.2, 0) is 4.79 Å². The van der Waals surface area contributed by atoms with Crippen LogP contribution in [0.5, 0.6) is 5.75 Å². The minimum atomic E-state index is -0.328. The molecule has 1 N–H and O–H groups in total. The molecule has 23 heavy (non-hydrogen) atoms. The molecule has 0 aromatic heterocycles. The zero-order chi connectivity index (χ0) is 16.8. The van der Waals surface area contributed by atoms with Gasteiger partial charge in [-0.15, -0.1) is 0 Å². The van der Waals surface area contributed by atoms with Crippen LogP contribution in [-0.4, -0.2) is 18.2 Å². The molecule has 0 bridgehead atoms. The second kappa shape index (κ2) is 8.13. The average molecular weight is 396 g/mol. The maximum Gasteiger partial charge on any atom is 0.277 e. The van der Waals surface area contributed by atoms with Crippen LogP contribution in [0.4, 0.5) is 0 Å². The number of aryl methyl sites for hydroxylation is 1. The molecule has 120 valence electrons. The highest BCUT2D eigenvalue weighted by Gasteiger charge is 2.06. The standard InChI is InChI=1S/C17H16BrClN2O2/c1-11-3-8-16(15(18)9-11)23-10-17(22)21-20-12(2)13-4-6-14(19)7-5-13/h3-9H,10H2,1-2H3,(H,21,22)/b20-12+. The number of rotatable bonds is 5. The fraction of sp³-hybridized carbons (Fsp3) is 0.176. The molecule has 0 aliphatic rings. The van der Waals surface area contributed by atoms with Crippen molar-refractivity contribution in [3.05, 3.63) is 63.1 Å². The largest absolute Gasteiger partial charge is 0.483 e. The summed E-state index contributed by atoms with van der Waals surface area (Å²) < 4.78 is 6.27. The molecule has 4 nitrogen and oxygen atoms in total. The third kappa shape index (κ3) is 5.37. The Bertz CT molecular complexity index is 730.